The van der Waals surface area contributed by atoms with E-state index < -0.39 is 0 Å². The van der Waals surface area contributed by atoms with Crippen LogP contribution in [0.15, 0.2) is 10.5 Å². The minimum absolute atomic E-state index is 0.0428. The van der Waals surface area contributed by atoms with Crippen molar-refractivity contribution >= 4 is 11.8 Å². The van der Waals surface area contributed by atoms with Crippen LogP contribution in [0.25, 0.3) is 0 Å². The van der Waals surface area contributed by atoms with Crippen molar-refractivity contribution in [2.24, 2.45) is 0 Å². The van der Waals surface area contributed by atoms with Crippen molar-refractivity contribution in [3.8, 4) is 0 Å². The van der Waals surface area contributed by atoms with E-state index in [1.165, 1.54) is 12.8 Å². The topological polar surface area (TPSA) is 98.0 Å². The quantitative estimate of drug-likeness (QED) is 0.525. The monoisotopic (exact) mass is 420 g/mol. The van der Waals surface area contributed by atoms with Crippen LogP contribution in [0.5, 0.6) is 0 Å². The lowest BCUT2D eigenvalue weighted by atomic mass is 10.1. The maximum Gasteiger partial charge on any atom is 0.287 e. The van der Waals surface area contributed by atoms with Crippen LogP contribution in [0, 0.1) is 0 Å². The fourth-order valence-corrected chi connectivity index (χ4v) is 4.55. The van der Waals surface area contributed by atoms with Crippen LogP contribution < -0.4 is 10.6 Å². The van der Waals surface area contributed by atoms with Crippen LogP contribution in [-0.2, 0) is 17.8 Å². The normalized spacial score (nSPS) is 22.5. The highest BCUT2D eigenvalue weighted by atomic mass is 16.4. The Balaban J connectivity index is 1.49. The van der Waals surface area contributed by atoms with E-state index in [0.29, 0.717) is 18.7 Å². The maximum atomic E-state index is 12.7. The molecular formula is C22H36N4O4. The third kappa shape index (κ3) is 5.83. The highest BCUT2D eigenvalue weighted by molar-refractivity contribution is 5.91. The number of likely N-dealkylation sites (tertiary alicyclic amines) is 2. The van der Waals surface area contributed by atoms with Gasteiger partial charge in [-0.1, -0.05) is 6.92 Å². The Morgan fingerprint density at radius 3 is 2.63 bits per heavy atom. The van der Waals surface area contributed by atoms with Crippen molar-refractivity contribution in [2.75, 3.05) is 39.8 Å². The fraction of sp³-hybridized carbons (Fsp3) is 0.727. The zero-order chi connectivity index (χ0) is 21.5. The van der Waals surface area contributed by atoms with Crippen LogP contribution >= 0.6 is 0 Å². The summed E-state index contributed by atoms with van der Waals surface area (Å²) >= 11 is 0. The second kappa shape index (κ2) is 10.9. The Morgan fingerprint density at radius 1 is 1.20 bits per heavy atom. The van der Waals surface area contributed by atoms with Gasteiger partial charge in [0.15, 0.2) is 5.76 Å². The molecule has 2 amide bonds. The first-order valence-corrected chi connectivity index (χ1v) is 11.2. The number of furan rings is 1. The number of carbonyl (C=O) groups is 2. The average Bonchev–Trinajstić information content (AvgIpc) is 3.47. The predicted molar refractivity (Wildman–Crippen MR) is 114 cm³/mol. The molecule has 8 nitrogen and oxygen atoms in total. The minimum atomic E-state index is -0.171. The molecule has 0 aliphatic carbocycles. The van der Waals surface area contributed by atoms with Crippen molar-refractivity contribution in [1.82, 2.24) is 20.4 Å². The zero-order valence-electron chi connectivity index (χ0n) is 18.3. The smallest absolute Gasteiger partial charge is 0.287 e. The Hall–Kier alpha value is -1.90. The largest absolute Gasteiger partial charge is 0.456 e. The van der Waals surface area contributed by atoms with Gasteiger partial charge in [0.2, 0.25) is 5.91 Å². The summed E-state index contributed by atoms with van der Waals surface area (Å²) < 4.78 is 5.86. The van der Waals surface area contributed by atoms with Crippen molar-refractivity contribution in [3.05, 3.63) is 23.2 Å². The van der Waals surface area contributed by atoms with Gasteiger partial charge in [-0.2, -0.15) is 0 Å². The van der Waals surface area contributed by atoms with Gasteiger partial charge in [-0.3, -0.25) is 19.4 Å². The van der Waals surface area contributed by atoms with E-state index >= 15 is 0 Å². The summed E-state index contributed by atoms with van der Waals surface area (Å²) in [5.41, 5.74) is 1.12. The highest BCUT2D eigenvalue weighted by Gasteiger charge is 2.32. The van der Waals surface area contributed by atoms with Crippen molar-refractivity contribution in [1.29, 1.82) is 0 Å². The number of aliphatic hydroxyl groups excluding tert-OH is 1. The van der Waals surface area contributed by atoms with E-state index in [1.807, 2.05) is 13.1 Å². The summed E-state index contributed by atoms with van der Waals surface area (Å²) in [7, 11) is 2.00. The van der Waals surface area contributed by atoms with Gasteiger partial charge in [-0.25, -0.2) is 0 Å². The maximum absolute atomic E-state index is 12.7. The number of nitrogens with one attached hydrogen (secondary N) is 2. The SMILES string of the molecule is CCc1oc(C(=O)NC[C@@H]2CC[C@H](CC(=O)NCCO)N2C)cc1CN1CCCC1. The Labute approximate surface area is 179 Å². The number of rotatable bonds is 10. The summed E-state index contributed by atoms with van der Waals surface area (Å²) in [4.78, 5) is 29.2. The number of likely N-dealkylation sites (N-methyl/N-ethyl adjacent to an activating group) is 1. The molecule has 1 aromatic rings. The Morgan fingerprint density at radius 2 is 1.93 bits per heavy atom. The van der Waals surface area contributed by atoms with Gasteiger partial charge in [0.05, 0.1) is 6.61 Å². The van der Waals surface area contributed by atoms with Crippen molar-refractivity contribution in [2.45, 2.75) is 64.1 Å². The number of aliphatic hydroxyl groups is 1. The third-order valence-corrected chi connectivity index (χ3v) is 6.37. The second-order valence-electron chi connectivity index (χ2n) is 8.43. The lowest BCUT2D eigenvalue weighted by molar-refractivity contribution is -0.122. The molecule has 0 radical (unpaired) electrons. The molecule has 2 atom stereocenters. The van der Waals surface area contributed by atoms with Gasteiger partial charge in [0, 0.05) is 50.1 Å². The van der Waals surface area contributed by atoms with Crippen LogP contribution in [-0.4, -0.2) is 78.6 Å². The molecule has 2 aliphatic rings. The number of hydrogen-bond donors (Lipinski definition) is 3. The Bertz CT molecular complexity index is 714. The molecule has 30 heavy (non-hydrogen) atoms. The highest BCUT2D eigenvalue weighted by Crippen LogP contribution is 2.25. The van der Waals surface area contributed by atoms with E-state index in [0.717, 1.165) is 50.2 Å². The van der Waals surface area contributed by atoms with E-state index in [9.17, 15) is 9.59 Å². The number of carbonyl (C=O) groups excluding carboxylic acids is 2. The summed E-state index contributed by atoms with van der Waals surface area (Å²) in [5.74, 6) is 1.08. The van der Waals surface area contributed by atoms with E-state index in [1.54, 1.807) is 0 Å². The van der Waals surface area contributed by atoms with Crippen LogP contribution in [0.2, 0.25) is 0 Å². The van der Waals surface area contributed by atoms with Gasteiger partial charge in [0.1, 0.15) is 5.76 Å². The molecule has 2 saturated heterocycles. The molecule has 1 aromatic heterocycles. The van der Waals surface area contributed by atoms with Gasteiger partial charge < -0.3 is 20.2 Å². The number of hydrogen-bond acceptors (Lipinski definition) is 6. The zero-order valence-corrected chi connectivity index (χ0v) is 18.3. The van der Waals surface area contributed by atoms with Gasteiger partial charge in [-0.15, -0.1) is 0 Å². The molecular weight excluding hydrogens is 384 g/mol. The molecule has 0 saturated carbocycles. The number of aryl methyl sites for hydroxylation is 1. The summed E-state index contributed by atoms with van der Waals surface area (Å²) in [6, 6.07) is 2.27. The van der Waals surface area contributed by atoms with Crippen molar-refractivity contribution < 1.29 is 19.1 Å². The summed E-state index contributed by atoms with van der Waals surface area (Å²) in [6.45, 7) is 5.91. The Kier molecular flexibility index (Phi) is 8.30. The molecule has 8 heteroatoms. The average molecular weight is 421 g/mol. The molecule has 2 aliphatic heterocycles. The molecule has 2 fully saturated rings. The molecule has 0 aromatic carbocycles. The number of nitrogens with zero attached hydrogens (tertiary/aromatic N) is 2. The fourth-order valence-electron chi connectivity index (χ4n) is 4.55. The predicted octanol–water partition coefficient (Wildman–Crippen LogP) is 1.13. The van der Waals surface area contributed by atoms with E-state index in [-0.39, 0.29) is 37.0 Å². The number of amides is 2. The van der Waals surface area contributed by atoms with Crippen LogP contribution in [0.3, 0.4) is 0 Å². The lowest BCUT2D eigenvalue weighted by Crippen LogP contribution is -2.42. The summed E-state index contributed by atoms with van der Waals surface area (Å²) in [6.07, 6.45) is 5.54. The van der Waals surface area contributed by atoms with Gasteiger partial charge in [-0.05, 0) is 51.9 Å². The third-order valence-electron chi connectivity index (χ3n) is 6.37. The van der Waals surface area contributed by atoms with E-state index in [4.69, 9.17) is 9.52 Å². The molecule has 0 bridgehead atoms. The van der Waals surface area contributed by atoms with E-state index in [2.05, 4.69) is 27.4 Å². The lowest BCUT2D eigenvalue weighted by Gasteiger charge is -2.25. The molecule has 3 rings (SSSR count). The van der Waals surface area contributed by atoms with Crippen molar-refractivity contribution in [3.63, 3.8) is 0 Å². The van der Waals surface area contributed by atoms with Crippen LogP contribution in [0.1, 0.15) is 60.9 Å². The first-order chi connectivity index (χ1) is 14.5. The standard InChI is InChI=1S/C22H36N4O4/c1-3-19-16(15-26-9-4-5-10-26)12-20(30-19)22(29)24-14-18-7-6-17(25(18)2)13-21(28)23-8-11-27/h12,17-18,27H,3-11,13-15H2,1-2H3,(H,23,28)(H,24,29)/t17-,18+/m1/s1. The first kappa shape index (κ1) is 22.8. The second-order valence-corrected chi connectivity index (χ2v) is 8.43. The minimum Gasteiger partial charge on any atom is -0.456 e. The molecule has 168 valence electrons. The van der Waals surface area contributed by atoms with Gasteiger partial charge >= 0.3 is 0 Å². The summed E-state index contributed by atoms with van der Waals surface area (Å²) in [5, 5.41) is 14.5. The molecule has 0 unspecified atom stereocenters. The molecule has 0 spiro atoms. The van der Waals surface area contributed by atoms with Crippen LogP contribution in [0.4, 0.5) is 0 Å². The van der Waals surface area contributed by atoms with Gasteiger partial charge in [0.25, 0.3) is 5.91 Å². The molecule has 3 heterocycles. The molecule has 3 N–H and O–H groups in total. The first-order valence-electron chi connectivity index (χ1n) is 11.2.